The molecule has 106 valence electrons. The quantitative estimate of drug-likeness (QED) is 0.875. The maximum atomic E-state index is 11.7. The van der Waals surface area contributed by atoms with Crippen LogP contribution in [0, 0.1) is 5.41 Å². The van der Waals surface area contributed by atoms with Crippen molar-refractivity contribution in [3.05, 3.63) is 35.9 Å². The molecule has 1 aromatic rings. The summed E-state index contributed by atoms with van der Waals surface area (Å²) in [5.41, 5.74) is 12.4. The van der Waals surface area contributed by atoms with E-state index in [1.165, 1.54) is 0 Å². The number of benzene rings is 1. The molecule has 0 radical (unpaired) electrons. The molecule has 19 heavy (non-hydrogen) atoms. The number of likely N-dealkylation sites (tertiary alicyclic amines) is 1. The summed E-state index contributed by atoms with van der Waals surface area (Å²) < 4.78 is 0. The van der Waals surface area contributed by atoms with Gasteiger partial charge in [0.05, 0.1) is 0 Å². The van der Waals surface area contributed by atoms with Gasteiger partial charge >= 0.3 is 0 Å². The molecule has 2 unspecified atom stereocenters. The number of hydrogen-bond acceptors (Lipinski definition) is 3. The maximum absolute atomic E-state index is 11.7. The van der Waals surface area contributed by atoms with E-state index < -0.39 is 0 Å². The highest BCUT2D eigenvalue weighted by molar-refractivity contribution is 5.85. The summed E-state index contributed by atoms with van der Waals surface area (Å²) in [5.74, 6) is -0.289. The van der Waals surface area contributed by atoms with Crippen LogP contribution < -0.4 is 11.5 Å². The number of rotatable bonds is 4. The third kappa shape index (κ3) is 3.47. The second-order valence-electron chi connectivity index (χ2n) is 5.45. The van der Waals surface area contributed by atoms with Crippen LogP contribution in [0.5, 0.6) is 0 Å². The van der Waals surface area contributed by atoms with Gasteiger partial charge < -0.3 is 11.5 Å². The van der Waals surface area contributed by atoms with Crippen LogP contribution >= 0.6 is 12.4 Å². The van der Waals surface area contributed by atoms with Gasteiger partial charge in [-0.05, 0) is 30.5 Å². The standard InChI is InChI=1S/C14H21N3O.ClH/c1-14(9-15)7-8-17(10-14)12(13(16)18)11-5-3-2-4-6-11;/h2-6,12H,7-10,15H2,1H3,(H2,16,18);1H. The van der Waals surface area contributed by atoms with Crippen molar-refractivity contribution in [1.82, 2.24) is 4.90 Å². The summed E-state index contributed by atoms with van der Waals surface area (Å²) in [6, 6.07) is 9.38. The normalized spacial score (nSPS) is 24.7. The molecule has 1 aromatic carbocycles. The van der Waals surface area contributed by atoms with Crippen molar-refractivity contribution in [2.45, 2.75) is 19.4 Å². The van der Waals surface area contributed by atoms with Gasteiger partial charge in [0.25, 0.3) is 0 Å². The van der Waals surface area contributed by atoms with Gasteiger partial charge in [0.1, 0.15) is 6.04 Å². The fourth-order valence-electron chi connectivity index (χ4n) is 2.64. The Bertz CT molecular complexity index is 426. The molecule has 2 atom stereocenters. The van der Waals surface area contributed by atoms with Crippen molar-refractivity contribution in [2.75, 3.05) is 19.6 Å². The first-order valence-corrected chi connectivity index (χ1v) is 6.34. The van der Waals surface area contributed by atoms with Crippen molar-refractivity contribution in [2.24, 2.45) is 16.9 Å². The van der Waals surface area contributed by atoms with E-state index in [2.05, 4.69) is 11.8 Å². The van der Waals surface area contributed by atoms with E-state index in [-0.39, 0.29) is 29.8 Å². The fourth-order valence-corrected chi connectivity index (χ4v) is 2.64. The number of hydrogen-bond donors (Lipinski definition) is 2. The highest BCUT2D eigenvalue weighted by Gasteiger charge is 2.38. The largest absolute Gasteiger partial charge is 0.368 e. The van der Waals surface area contributed by atoms with Gasteiger partial charge in [-0.15, -0.1) is 12.4 Å². The van der Waals surface area contributed by atoms with Crippen LogP contribution in [0.25, 0.3) is 0 Å². The predicted octanol–water partition coefficient (Wildman–Crippen LogP) is 1.31. The van der Waals surface area contributed by atoms with Crippen molar-refractivity contribution in [3.63, 3.8) is 0 Å². The van der Waals surface area contributed by atoms with Gasteiger partial charge in [-0.3, -0.25) is 9.69 Å². The molecule has 0 spiro atoms. The molecule has 1 aliphatic heterocycles. The summed E-state index contributed by atoms with van der Waals surface area (Å²) in [6.45, 7) is 4.50. The van der Waals surface area contributed by atoms with Gasteiger partial charge in [-0.2, -0.15) is 0 Å². The molecule has 1 amide bonds. The van der Waals surface area contributed by atoms with Crippen molar-refractivity contribution in [1.29, 1.82) is 0 Å². The van der Waals surface area contributed by atoms with Crippen LogP contribution in [0.15, 0.2) is 30.3 Å². The Hall–Kier alpha value is -1.10. The first-order chi connectivity index (χ1) is 8.56. The molecule has 0 aliphatic carbocycles. The molecule has 4 nitrogen and oxygen atoms in total. The number of halogens is 1. The number of nitrogens with zero attached hydrogens (tertiary/aromatic N) is 1. The summed E-state index contributed by atoms with van der Waals surface area (Å²) >= 11 is 0. The Morgan fingerprint density at radius 3 is 2.53 bits per heavy atom. The predicted molar refractivity (Wildman–Crippen MR) is 79.0 cm³/mol. The molecule has 4 N–H and O–H groups in total. The lowest BCUT2D eigenvalue weighted by Crippen LogP contribution is -2.39. The summed E-state index contributed by atoms with van der Waals surface area (Å²) in [4.78, 5) is 13.9. The molecular formula is C14H22ClN3O. The molecule has 0 saturated carbocycles. The van der Waals surface area contributed by atoms with Gasteiger partial charge in [0.2, 0.25) is 5.91 Å². The van der Waals surface area contributed by atoms with E-state index >= 15 is 0 Å². The highest BCUT2D eigenvalue weighted by Crippen LogP contribution is 2.34. The third-order valence-electron chi connectivity index (χ3n) is 3.83. The summed E-state index contributed by atoms with van der Waals surface area (Å²) in [7, 11) is 0. The lowest BCUT2D eigenvalue weighted by molar-refractivity contribution is -0.123. The number of primary amides is 1. The molecular weight excluding hydrogens is 262 g/mol. The summed E-state index contributed by atoms with van der Waals surface area (Å²) in [5, 5.41) is 0. The minimum absolute atomic E-state index is 0. The maximum Gasteiger partial charge on any atom is 0.239 e. The number of nitrogens with two attached hydrogens (primary N) is 2. The van der Waals surface area contributed by atoms with Crippen LogP contribution in [0.3, 0.4) is 0 Å². The zero-order chi connectivity index (χ0) is 13.2. The lowest BCUT2D eigenvalue weighted by Gasteiger charge is -2.28. The van der Waals surface area contributed by atoms with E-state index in [4.69, 9.17) is 11.5 Å². The van der Waals surface area contributed by atoms with E-state index in [0.717, 1.165) is 25.1 Å². The van der Waals surface area contributed by atoms with Crippen molar-refractivity contribution >= 4 is 18.3 Å². The summed E-state index contributed by atoms with van der Waals surface area (Å²) in [6.07, 6.45) is 1.01. The van der Waals surface area contributed by atoms with Gasteiger partial charge in [-0.25, -0.2) is 0 Å². The highest BCUT2D eigenvalue weighted by atomic mass is 35.5. The molecule has 5 heteroatoms. The zero-order valence-corrected chi connectivity index (χ0v) is 12.0. The Morgan fingerprint density at radius 1 is 1.42 bits per heavy atom. The molecule has 0 bridgehead atoms. The van der Waals surface area contributed by atoms with Crippen LogP contribution in [-0.4, -0.2) is 30.4 Å². The minimum Gasteiger partial charge on any atom is -0.368 e. The van der Waals surface area contributed by atoms with Gasteiger partial charge in [0, 0.05) is 6.54 Å². The Balaban J connectivity index is 0.00000180. The van der Waals surface area contributed by atoms with Crippen LogP contribution in [0.4, 0.5) is 0 Å². The van der Waals surface area contributed by atoms with Gasteiger partial charge in [0.15, 0.2) is 0 Å². The first kappa shape index (κ1) is 16.0. The fraction of sp³-hybridized carbons (Fsp3) is 0.500. The molecule has 1 heterocycles. The van der Waals surface area contributed by atoms with Crippen LogP contribution in [0.1, 0.15) is 24.9 Å². The second-order valence-corrected chi connectivity index (χ2v) is 5.45. The lowest BCUT2D eigenvalue weighted by atomic mass is 9.90. The first-order valence-electron chi connectivity index (χ1n) is 6.34. The molecule has 0 aromatic heterocycles. The van der Waals surface area contributed by atoms with Crippen LogP contribution in [0.2, 0.25) is 0 Å². The second kappa shape index (κ2) is 6.37. The smallest absolute Gasteiger partial charge is 0.239 e. The topological polar surface area (TPSA) is 72.3 Å². The monoisotopic (exact) mass is 283 g/mol. The Morgan fingerprint density at radius 2 is 2.05 bits per heavy atom. The Labute approximate surface area is 120 Å². The molecule has 1 saturated heterocycles. The average molecular weight is 284 g/mol. The van der Waals surface area contributed by atoms with E-state index in [1.807, 2.05) is 30.3 Å². The number of carbonyl (C=O) groups excluding carboxylic acids is 1. The van der Waals surface area contributed by atoms with Crippen LogP contribution in [-0.2, 0) is 4.79 Å². The van der Waals surface area contributed by atoms with Crippen molar-refractivity contribution < 1.29 is 4.79 Å². The minimum atomic E-state index is -0.334. The number of carbonyl (C=O) groups is 1. The van der Waals surface area contributed by atoms with Gasteiger partial charge in [-0.1, -0.05) is 37.3 Å². The SMILES string of the molecule is CC1(CN)CCN(C(C(N)=O)c2ccccc2)C1.Cl. The average Bonchev–Trinajstić information content (AvgIpc) is 2.74. The van der Waals surface area contributed by atoms with Crippen molar-refractivity contribution in [3.8, 4) is 0 Å². The third-order valence-corrected chi connectivity index (χ3v) is 3.83. The van der Waals surface area contributed by atoms with E-state index in [9.17, 15) is 4.79 Å². The molecule has 1 fully saturated rings. The Kier molecular flexibility index (Phi) is 5.35. The van der Waals surface area contributed by atoms with E-state index in [0.29, 0.717) is 6.54 Å². The zero-order valence-electron chi connectivity index (χ0n) is 11.2. The molecule has 1 aliphatic rings. The number of amides is 1. The van der Waals surface area contributed by atoms with E-state index in [1.54, 1.807) is 0 Å². The molecule has 2 rings (SSSR count).